The normalized spacial score (nSPS) is 21.0. The topological polar surface area (TPSA) is 88.0 Å². The Kier molecular flexibility index (Phi) is 3.83. The van der Waals surface area contributed by atoms with Crippen LogP contribution in [-0.4, -0.2) is 16.0 Å². The monoisotopic (exact) mass is 301 g/mol. The molecule has 1 saturated carbocycles. The summed E-state index contributed by atoms with van der Waals surface area (Å²) in [6.45, 7) is 4.11. The minimum atomic E-state index is -0.595. The van der Waals surface area contributed by atoms with Gasteiger partial charge in [-0.05, 0) is 55.9 Å². The zero-order valence-electron chi connectivity index (χ0n) is 12.7. The number of benzene rings is 1. The molecule has 1 fully saturated rings. The number of nitrogens with zero attached hydrogens (tertiary/aromatic N) is 1. The number of rotatable bonds is 3. The number of hydrogen-bond donors (Lipinski definition) is 2. The summed E-state index contributed by atoms with van der Waals surface area (Å²) in [5, 5.41) is 6.65. The number of aryl methyl sites for hydroxylation is 1. The van der Waals surface area contributed by atoms with Gasteiger partial charge in [0.15, 0.2) is 5.82 Å². The molecule has 116 valence electrons. The Bertz CT molecular complexity index is 747. The van der Waals surface area contributed by atoms with Crippen molar-refractivity contribution in [2.75, 3.05) is 5.32 Å². The first-order chi connectivity index (χ1) is 10.5. The van der Waals surface area contributed by atoms with Crippen molar-refractivity contribution in [1.29, 1.82) is 0 Å². The standard InChI is InChI=1S/C16H19N3O3/c1-9-3-4-11(5-9)15(20)17-13-7-10(2)6-12(8-13)14-18-16(21)22-19-14/h6-9,11H,3-5H2,1-2H3,(H,17,20)(H,18,19,21). The maximum atomic E-state index is 12.3. The summed E-state index contributed by atoms with van der Waals surface area (Å²) >= 11 is 0. The van der Waals surface area contributed by atoms with E-state index in [1.165, 1.54) is 0 Å². The Balaban J connectivity index is 1.80. The van der Waals surface area contributed by atoms with Crippen LogP contribution < -0.4 is 11.1 Å². The molecule has 1 aromatic heterocycles. The Labute approximate surface area is 127 Å². The maximum absolute atomic E-state index is 12.3. The van der Waals surface area contributed by atoms with E-state index in [0.717, 1.165) is 24.8 Å². The van der Waals surface area contributed by atoms with Gasteiger partial charge in [0, 0.05) is 17.2 Å². The van der Waals surface area contributed by atoms with Crippen molar-refractivity contribution in [3.05, 3.63) is 34.3 Å². The minimum absolute atomic E-state index is 0.0644. The Morgan fingerprint density at radius 1 is 1.36 bits per heavy atom. The number of nitrogens with one attached hydrogen (secondary N) is 2. The number of carbonyl (C=O) groups excluding carboxylic acids is 1. The quantitative estimate of drug-likeness (QED) is 0.912. The van der Waals surface area contributed by atoms with Crippen molar-refractivity contribution in [2.24, 2.45) is 11.8 Å². The summed E-state index contributed by atoms with van der Waals surface area (Å²) in [6, 6.07) is 5.57. The van der Waals surface area contributed by atoms with Crippen molar-refractivity contribution in [3.8, 4) is 11.4 Å². The second kappa shape index (κ2) is 5.79. The zero-order valence-corrected chi connectivity index (χ0v) is 12.7. The molecule has 1 aliphatic carbocycles. The highest BCUT2D eigenvalue weighted by Gasteiger charge is 2.27. The molecule has 0 spiro atoms. The van der Waals surface area contributed by atoms with Gasteiger partial charge >= 0.3 is 5.76 Å². The number of aromatic nitrogens is 2. The Morgan fingerprint density at radius 2 is 2.18 bits per heavy atom. The van der Waals surface area contributed by atoms with Crippen molar-refractivity contribution >= 4 is 11.6 Å². The smallest absolute Gasteiger partial charge is 0.326 e. The summed E-state index contributed by atoms with van der Waals surface area (Å²) in [5.41, 5.74) is 2.39. The predicted molar refractivity (Wildman–Crippen MR) is 82.4 cm³/mol. The van der Waals surface area contributed by atoms with Crippen molar-refractivity contribution in [1.82, 2.24) is 10.1 Å². The van der Waals surface area contributed by atoms with Crippen LogP contribution in [0.4, 0.5) is 5.69 Å². The fourth-order valence-corrected chi connectivity index (χ4v) is 3.04. The van der Waals surface area contributed by atoms with Gasteiger partial charge in [-0.15, -0.1) is 0 Å². The molecule has 22 heavy (non-hydrogen) atoms. The molecular weight excluding hydrogens is 282 g/mol. The third-order valence-electron chi connectivity index (χ3n) is 4.12. The molecule has 0 aliphatic heterocycles. The summed E-state index contributed by atoms with van der Waals surface area (Å²) < 4.78 is 4.52. The Hall–Kier alpha value is -2.37. The highest BCUT2D eigenvalue weighted by molar-refractivity contribution is 5.93. The van der Waals surface area contributed by atoms with Gasteiger partial charge in [-0.3, -0.25) is 14.3 Å². The van der Waals surface area contributed by atoms with Crippen LogP contribution in [0.3, 0.4) is 0 Å². The number of amides is 1. The molecule has 6 nitrogen and oxygen atoms in total. The lowest BCUT2D eigenvalue weighted by Crippen LogP contribution is -2.20. The molecule has 0 radical (unpaired) electrons. The van der Waals surface area contributed by atoms with E-state index in [2.05, 4.69) is 26.9 Å². The number of carbonyl (C=O) groups is 1. The van der Waals surface area contributed by atoms with Gasteiger partial charge < -0.3 is 5.32 Å². The lowest BCUT2D eigenvalue weighted by Gasteiger charge is -2.12. The minimum Gasteiger partial charge on any atom is -0.326 e. The van der Waals surface area contributed by atoms with E-state index >= 15 is 0 Å². The molecule has 3 rings (SSSR count). The van der Waals surface area contributed by atoms with Crippen LogP contribution in [0.5, 0.6) is 0 Å². The molecule has 2 N–H and O–H groups in total. The van der Waals surface area contributed by atoms with E-state index < -0.39 is 5.76 Å². The van der Waals surface area contributed by atoms with Crippen molar-refractivity contribution in [3.63, 3.8) is 0 Å². The number of H-pyrrole nitrogens is 1. The summed E-state index contributed by atoms with van der Waals surface area (Å²) in [6.07, 6.45) is 3.00. The van der Waals surface area contributed by atoms with Crippen LogP contribution in [0.2, 0.25) is 0 Å². The second-order valence-electron chi connectivity index (χ2n) is 6.14. The largest absolute Gasteiger partial charge is 0.439 e. The van der Waals surface area contributed by atoms with Gasteiger partial charge in [-0.2, -0.15) is 0 Å². The average molecular weight is 301 g/mol. The fourth-order valence-electron chi connectivity index (χ4n) is 3.04. The third-order valence-corrected chi connectivity index (χ3v) is 4.12. The second-order valence-corrected chi connectivity index (χ2v) is 6.14. The number of aromatic amines is 1. The van der Waals surface area contributed by atoms with Crippen LogP contribution >= 0.6 is 0 Å². The molecule has 2 unspecified atom stereocenters. The van der Waals surface area contributed by atoms with Gasteiger partial charge in [-0.1, -0.05) is 12.1 Å². The SMILES string of the molecule is Cc1cc(NC(=O)C2CCC(C)C2)cc(-c2noc(=O)[nH]2)c1. The first kappa shape index (κ1) is 14.6. The van der Waals surface area contributed by atoms with E-state index in [1.807, 2.05) is 19.1 Å². The van der Waals surface area contributed by atoms with Crippen LogP contribution in [0.25, 0.3) is 11.4 Å². The molecule has 0 bridgehead atoms. The fraction of sp³-hybridized carbons (Fsp3) is 0.438. The first-order valence-corrected chi connectivity index (χ1v) is 7.50. The Morgan fingerprint density at radius 3 is 2.82 bits per heavy atom. The van der Waals surface area contributed by atoms with Gasteiger partial charge in [0.2, 0.25) is 5.91 Å². The third kappa shape index (κ3) is 3.10. The summed E-state index contributed by atoms with van der Waals surface area (Å²) in [5.74, 6) is 0.533. The van der Waals surface area contributed by atoms with Crippen LogP contribution in [0, 0.1) is 18.8 Å². The van der Waals surface area contributed by atoms with Crippen LogP contribution in [-0.2, 0) is 4.79 Å². The molecule has 0 saturated heterocycles. The molecule has 1 aliphatic rings. The molecule has 6 heteroatoms. The van der Waals surface area contributed by atoms with Crippen LogP contribution in [0.1, 0.15) is 31.7 Å². The van der Waals surface area contributed by atoms with Gasteiger partial charge in [0.25, 0.3) is 0 Å². The average Bonchev–Trinajstić information content (AvgIpc) is 3.07. The van der Waals surface area contributed by atoms with E-state index in [1.54, 1.807) is 6.07 Å². The molecule has 1 aromatic carbocycles. The van der Waals surface area contributed by atoms with E-state index in [4.69, 9.17) is 0 Å². The van der Waals surface area contributed by atoms with Crippen molar-refractivity contribution in [2.45, 2.75) is 33.1 Å². The predicted octanol–water partition coefficient (Wildman–Crippen LogP) is 2.71. The molecule has 2 atom stereocenters. The highest BCUT2D eigenvalue weighted by atomic mass is 16.5. The zero-order chi connectivity index (χ0) is 15.7. The number of hydrogen-bond acceptors (Lipinski definition) is 4. The van der Waals surface area contributed by atoms with E-state index in [-0.39, 0.29) is 11.8 Å². The first-order valence-electron chi connectivity index (χ1n) is 7.50. The molecule has 1 heterocycles. The summed E-state index contributed by atoms with van der Waals surface area (Å²) in [4.78, 5) is 25.9. The summed E-state index contributed by atoms with van der Waals surface area (Å²) in [7, 11) is 0. The van der Waals surface area contributed by atoms with Gasteiger partial charge in [-0.25, -0.2) is 4.79 Å². The molecule has 2 aromatic rings. The lowest BCUT2D eigenvalue weighted by atomic mass is 10.0. The molecule has 1 amide bonds. The lowest BCUT2D eigenvalue weighted by molar-refractivity contribution is -0.119. The van der Waals surface area contributed by atoms with Crippen molar-refractivity contribution < 1.29 is 9.32 Å². The number of anilines is 1. The van der Waals surface area contributed by atoms with Gasteiger partial charge in [0.05, 0.1) is 0 Å². The maximum Gasteiger partial charge on any atom is 0.439 e. The van der Waals surface area contributed by atoms with Crippen LogP contribution in [0.15, 0.2) is 27.5 Å². The van der Waals surface area contributed by atoms with E-state index in [9.17, 15) is 9.59 Å². The van der Waals surface area contributed by atoms with Gasteiger partial charge in [0.1, 0.15) is 0 Å². The highest BCUT2D eigenvalue weighted by Crippen LogP contribution is 2.31. The van der Waals surface area contributed by atoms with E-state index in [0.29, 0.717) is 23.0 Å². The molecular formula is C16H19N3O3.